The summed E-state index contributed by atoms with van der Waals surface area (Å²) in [4.78, 5) is 14.3. The smallest absolute Gasteiger partial charge is 0.253 e. The van der Waals surface area contributed by atoms with E-state index in [0.29, 0.717) is 6.04 Å². The van der Waals surface area contributed by atoms with Gasteiger partial charge in [0.15, 0.2) is 0 Å². The molecule has 1 aliphatic heterocycles. The average Bonchev–Trinajstić information content (AvgIpc) is 2.41. The number of carbonyl (C=O) groups excluding carboxylic acids is 1. The molecule has 1 aromatic rings. The standard InChI is InChI=1S/C14H19BrN2O/c1-10-5-6-11(8-13(10)15)14(18)17-7-3-4-12(9-17)16-2/h5-6,8,12,16H,3-4,7,9H2,1-2H3. The first kappa shape index (κ1) is 13.6. The lowest BCUT2D eigenvalue weighted by molar-refractivity contribution is 0.0698. The number of likely N-dealkylation sites (tertiary alicyclic amines) is 1. The summed E-state index contributed by atoms with van der Waals surface area (Å²) in [5.41, 5.74) is 1.92. The maximum atomic E-state index is 12.4. The highest BCUT2D eigenvalue weighted by molar-refractivity contribution is 9.10. The molecular formula is C14H19BrN2O. The van der Waals surface area contributed by atoms with Gasteiger partial charge < -0.3 is 10.2 Å². The molecule has 0 bridgehead atoms. The molecule has 0 aliphatic carbocycles. The second-order valence-electron chi connectivity index (χ2n) is 4.84. The van der Waals surface area contributed by atoms with E-state index < -0.39 is 0 Å². The lowest BCUT2D eigenvalue weighted by Gasteiger charge is -2.32. The van der Waals surface area contributed by atoms with Crippen LogP contribution in [-0.2, 0) is 0 Å². The number of carbonyl (C=O) groups is 1. The molecule has 98 valence electrons. The summed E-state index contributed by atoms with van der Waals surface area (Å²) in [5, 5.41) is 3.26. The fourth-order valence-electron chi connectivity index (χ4n) is 2.31. The van der Waals surface area contributed by atoms with E-state index in [-0.39, 0.29) is 5.91 Å². The van der Waals surface area contributed by atoms with Crippen LogP contribution >= 0.6 is 15.9 Å². The van der Waals surface area contributed by atoms with Crippen LogP contribution in [0, 0.1) is 6.92 Å². The number of aryl methyl sites for hydroxylation is 1. The first-order chi connectivity index (χ1) is 8.61. The number of hydrogen-bond acceptors (Lipinski definition) is 2. The molecule has 4 heteroatoms. The highest BCUT2D eigenvalue weighted by Crippen LogP contribution is 2.20. The maximum absolute atomic E-state index is 12.4. The van der Waals surface area contributed by atoms with Gasteiger partial charge in [-0.05, 0) is 44.5 Å². The van der Waals surface area contributed by atoms with Crippen LogP contribution in [0.5, 0.6) is 0 Å². The third-order valence-corrected chi connectivity index (χ3v) is 4.39. The molecule has 1 saturated heterocycles. The minimum atomic E-state index is 0.135. The third-order valence-electron chi connectivity index (χ3n) is 3.54. The lowest BCUT2D eigenvalue weighted by atomic mass is 10.0. The Bertz CT molecular complexity index is 447. The SMILES string of the molecule is CNC1CCCN(C(=O)c2ccc(C)c(Br)c2)C1. The van der Waals surface area contributed by atoms with Gasteiger partial charge in [0.2, 0.25) is 0 Å². The quantitative estimate of drug-likeness (QED) is 0.910. The summed E-state index contributed by atoms with van der Waals surface area (Å²) < 4.78 is 0.996. The molecule has 0 spiro atoms. The van der Waals surface area contributed by atoms with E-state index in [1.165, 1.54) is 0 Å². The van der Waals surface area contributed by atoms with E-state index in [1.807, 2.05) is 37.1 Å². The van der Waals surface area contributed by atoms with Crippen molar-refractivity contribution in [2.75, 3.05) is 20.1 Å². The molecule has 1 atom stereocenters. The Morgan fingerprint density at radius 1 is 1.50 bits per heavy atom. The van der Waals surface area contributed by atoms with Crippen LogP contribution in [0.25, 0.3) is 0 Å². The van der Waals surface area contributed by atoms with Gasteiger partial charge in [-0.2, -0.15) is 0 Å². The van der Waals surface area contributed by atoms with E-state index in [2.05, 4.69) is 21.2 Å². The van der Waals surface area contributed by atoms with Crippen molar-refractivity contribution < 1.29 is 4.79 Å². The predicted octanol–water partition coefficient (Wildman–Crippen LogP) is 2.58. The highest BCUT2D eigenvalue weighted by atomic mass is 79.9. The van der Waals surface area contributed by atoms with Crippen molar-refractivity contribution in [1.29, 1.82) is 0 Å². The van der Waals surface area contributed by atoms with E-state index in [0.717, 1.165) is 41.5 Å². The zero-order chi connectivity index (χ0) is 13.1. The largest absolute Gasteiger partial charge is 0.337 e. The van der Waals surface area contributed by atoms with Crippen molar-refractivity contribution >= 4 is 21.8 Å². The van der Waals surface area contributed by atoms with E-state index in [4.69, 9.17) is 0 Å². The summed E-state index contributed by atoms with van der Waals surface area (Å²) in [6.07, 6.45) is 2.22. The Balaban J connectivity index is 2.12. The Kier molecular flexibility index (Phi) is 4.40. The molecule has 2 rings (SSSR count). The fraction of sp³-hybridized carbons (Fsp3) is 0.500. The summed E-state index contributed by atoms with van der Waals surface area (Å²) >= 11 is 3.48. The first-order valence-corrected chi connectivity index (χ1v) is 7.14. The predicted molar refractivity (Wildman–Crippen MR) is 76.9 cm³/mol. The molecule has 1 unspecified atom stereocenters. The number of hydrogen-bond donors (Lipinski definition) is 1. The Hall–Kier alpha value is -0.870. The average molecular weight is 311 g/mol. The molecule has 3 nitrogen and oxygen atoms in total. The second-order valence-corrected chi connectivity index (χ2v) is 5.70. The monoisotopic (exact) mass is 310 g/mol. The number of amides is 1. The van der Waals surface area contributed by atoms with Crippen LogP contribution in [0.3, 0.4) is 0 Å². The lowest BCUT2D eigenvalue weighted by Crippen LogP contribution is -2.46. The van der Waals surface area contributed by atoms with Crippen LogP contribution < -0.4 is 5.32 Å². The summed E-state index contributed by atoms with van der Waals surface area (Å²) in [7, 11) is 1.96. The zero-order valence-corrected chi connectivity index (χ0v) is 12.5. The molecule has 0 radical (unpaired) electrons. The van der Waals surface area contributed by atoms with Gasteiger partial charge in [-0.15, -0.1) is 0 Å². The molecule has 0 aromatic heterocycles. The molecule has 1 N–H and O–H groups in total. The van der Waals surface area contributed by atoms with Gasteiger partial charge in [-0.25, -0.2) is 0 Å². The van der Waals surface area contributed by atoms with Gasteiger partial charge in [0.05, 0.1) is 0 Å². The van der Waals surface area contributed by atoms with Crippen LogP contribution in [0.2, 0.25) is 0 Å². The van der Waals surface area contributed by atoms with E-state index >= 15 is 0 Å². The summed E-state index contributed by atoms with van der Waals surface area (Å²) in [6.45, 7) is 3.69. The fourth-order valence-corrected chi connectivity index (χ4v) is 2.68. The number of rotatable bonds is 2. The van der Waals surface area contributed by atoms with Crippen molar-refractivity contribution in [2.24, 2.45) is 0 Å². The molecule has 1 amide bonds. The molecular weight excluding hydrogens is 292 g/mol. The van der Waals surface area contributed by atoms with E-state index in [1.54, 1.807) is 0 Å². The van der Waals surface area contributed by atoms with Crippen LogP contribution in [0.4, 0.5) is 0 Å². The van der Waals surface area contributed by atoms with E-state index in [9.17, 15) is 4.79 Å². The minimum Gasteiger partial charge on any atom is -0.337 e. The molecule has 1 aliphatic rings. The number of likely N-dealkylation sites (N-methyl/N-ethyl adjacent to an activating group) is 1. The Labute approximate surface area is 117 Å². The third kappa shape index (κ3) is 2.93. The maximum Gasteiger partial charge on any atom is 0.253 e. The van der Waals surface area contributed by atoms with Crippen molar-refractivity contribution in [3.8, 4) is 0 Å². The van der Waals surface area contributed by atoms with Gasteiger partial charge in [-0.3, -0.25) is 4.79 Å². The van der Waals surface area contributed by atoms with Gasteiger partial charge in [0.25, 0.3) is 5.91 Å². The van der Waals surface area contributed by atoms with Crippen LogP contribution in [0.15, 0.2) is 22.7 Å². The molecule has 0 saturated carbocycles. The van der Waals surface area contributed by atoms with Crippen molar-refractivity contribution in [3.05, 3.63) is 33.8 Å². The first-order valence-electron chi connectivity index (χ1n) is 6.34. The topological polar surface area (TPSA) is 32.3 Å². The summed E-state index contributed by atoms with van der Waals surface area (Å²) in [5.74, 6) is 0.135. The zero-order valence-electron chi connectivity index (χ0n) is 10.9. The molecule has 1 aromatic carbocycles. The number of nitrogens with zero attached hydrogens (tertiary/aromatic N) is 1. The summed E-state index contributed by atoms with van der Waals surface area (Å²) in [6, 6.07) is 6.24. The Morgan fingerprint density at radius 2 is 2.28 bits per heavy atom. The number of benzene rings is 1. The molecule has 18 heavy (non-hydrogen) atoms. The number of nitrogens with one attached hydrogen (secondary N) is 1. The van der Waals surface area contributed by atoms with Gasteiger partial charge in [0, 0.05) is 29.2 Å². The van der Waals surface area contributed by atoms with Crippen LogP contribution in [0.1, 0.15) is 28.8 Å². The molecule has 1 fully saturated rings. The Morgan fingerprint density at radius 3 is 2.94 bits per heavy atom. The van der Waals surface area contributed by atoms with Crippen molar-refractivity contribution in [1.82, 2.24) is 10.2 Å². The normalized spacial score (nSPS) is 19.9. The van der Waals surface area contributed by atoms with Crippen molar-refractivity contribution in [2.45, 2.75) is 25.8 Å². The van der Waals surface area contributed by atoms with Gasteiger partial charge in [0.1, 0.15) is 0 Å². The second kappa shape index (κ2) is 5.85. The van der Waals surface area contributed by atoms with Gasteiger partial charge >= 0.3 is 0 Å². The minimum absolute atomic E-state index is 0.135. The van der Waals surface area contributed by atoms with Crippen molar-refractivity contribution in [3.63, 3.8) is 0 Å². The number of halogens is 1. The number of piperidine rings is 1. The van der Waals surface area contributed by atoms with Gasteiger partial charge in [-0.1, -0.05) is 22.0 Å². The molecule has 1 heterocycles. The van der Waals surface area contributed by atoms with Crippen LogP contribution in [-0.4, -0.2) is 37.0 Å². The highest BCUT2D eigenvalue weighted by Gasteiger charge is 2.23.